The highest BCUT2D eigenvalue weighted by Gasteiger charge is 2.33. The summed E-state index contributed by atoms with van der Waals surface area (Å²) in [5.41, 5.74) is -0.971. The highest BCUT2D eigenvalue weighted by atomic mass is 32.1. The number of furan rings is 1. The monoisotopic (exact) mass is 497 g/mol. The van der Waals surface area contributed by atoms with Gasteiger partial charge in [0, 0.05) is 23.8 Å². The van der Waals surface area contributed by atoms with E-state index in [1.807, 2.05) is 0 Å². The molecule has 0 bridgehead atoms. The molecule has 0 fully saturated rings. The van der Waals surface area contributed by atoms with Crippen LogP contribution in [0.15, 0.2) is 52.9 Å². The van der Waals surface area contributed by atoms with E-state index in [1.165, 1.54) is 30.3 Å². The first-order chi connectivity index (χ1) is 16.7. The van der Waals surface area contributed by atoms with E-state index in [2.05, 4.69) is 4.98 Å². The van der Waals surface area contributed by atoms with Gasteiger partial charge in [0.2, 0.25) is 11.7 Å². The number of aryl methyl sites for hydroxylation is 1. The van der Waals surface area contributed by atoms with Gasteiger partial charge in [-0.15, -0.1) is 0 Å². The first-order valence-electron chi connectivity index (χ1n) is 9.94. The lowest BCUT2D eigenvalue weighted by atomic mass is 10.0. The summed E-state index contributed by atoms with van der Waals surface area (Å²) >= 11 is 0.893. The average molecular weight is 497 g/mol. The zero-order valence-electron chi connectivity index (χ0n) is 17.7. The third-order valence-electron chi connectivity index (χ3n) is 5.26. The Balaban J connectivity index is 1.82. The highest BCUT2D eigenvalue weighted by Crippen LogP contribution is 2.46. The van der Waals surface area contributed by atoms with Gasteiger partial charge < -0.3 is 14.6 Å². The van der Waals surface area contributed by atoms with Gasteiger partial charge in [0.1, 0.15) is 17.4 Å². The van der Waals surface area contributed by atoms with Crippen LogP contribution in [0.25, 0.3) is 26.6 Å². The third kappa shape index (κ3) is 3.60. The molecule has 0 atom stereocenters. The Labute approximate surface area is 198 Å². The van der Waals surface area contributed by atoms with Crippen molar-refractivity contribution in [2.24, 2.45) is 0 Å². The van der Waals surface area contributed by atoms with Crippen molar-refractivity contribution in [3.05, 3.63) is 87.4 Å². The molecule has 12 heteroatoms. The lowest BCUT2D eigenvalue weighted by Gasteiger charge is -2.10. The highest BCUT2D eigenvalue weighted by molar-refractivity contribution is 7.20. The van der Waals surface area contributed by atoms with E-state index < -0.39 is 39.5 Å². The van der Waals surface area contributed by atoms with Crippen LogP contribution in [0.5, 0.6) is 11.6 Å². The SMILES string of the molecule is Cc1ccc(C(=O)c2c(O)c(O)n(-c3nc4ccc([N+](=O)[O-])cc4s3)c2-c2ccc(F)cc2F)o1. The number of hydrogen-bond donors (Lipinski definition) is 2. The van der Waals surface area contributed by atoms with E-state index in [9.17, 15) is 33.9 Å². The quantitative estimate of drug-likeness (QED) is 0.187. The molecule has 176 valence electrons. The van der Waals surface area contributed by atoms with Gasteiger partial charge in [-0.3, -0.25) is 19.5 Å². The van der Waals surface area contributed by atoms with Crippen molar-refractivity contribution in [3.8, 4) is 28.0 Å². The number of rotatable bonds is 5. The van der Waals surface area contributed by atoms with Crippen LogP contribution in [0.4, 0.5) is 14.5 Å². The van der Waals surface area contributed by atoms with Crippen LogP contribution >= 0.6 is 11.3 Å². The minimum absolute atomic E-state index is 0.0262. The molecule has 0 saturated heterocycles. The minimum Gasteiger partial charge on any atom is -0.503 e. The second kappa shape index (κ2) is 8.02. The number of halogens is 2. The Hall–Kier alpha value is -4.58. The van der Waals surface area contributed by atoms with Crippen molar-refractivity contribution in [1.29, 1.82) is 0 Å². The number of carbonyl (C=O) groups excluding carboxylic acids is 1. The van der Waals surface area contributed by atoms with E-state index in [0.29, 0.717) is 22.0 Å². The number of aromatic nitrogens is 2. The fraction of sp³-hybridized carbons (Fsp3) is 0.0435. The van der Waals surface area contributed by atoms with Gasteiger partial charge in [-0.1, -0.05) is 11.3 Å². The summed E-state index contributed by atoms with van der Waals surface area (Å²) in [6.07, 6.45) is 0. The largest absolute Gasteiger partial charge is 0.503 e. The van der Waals surface area contributed by atoms with Crippen LogP contribution in [-0.4, -0.2) is 30.5 Å². The fourth-order valence-corrected chi connectivity index (χ4v) is 4.68. The number of thiazole rings is 1. The van der Waals surface area contributed by atoms with E-state index in [-0.39, 0.29) is 27.8 Å². The second-order valence-electron chi connectivity index (χ2n) is 7.50. The van der Waals surface area contributed by atoms with Crippen molar-refractivity contribution in [2.75, 3.05) is 0 Å². The molecule has 0 aliphatic rings. The Morgan fingerprint density at radius 3 is 2.57 bits per heavy atom. The molecule has 9 nitrogen and oxygen atoms in total. The molecule has 0 aliphatic carbocycles. The molecule has 0 spiro atoms. The molecule has 0 unspecified atom stereocenters. The number of nitro groups is 1. The molecule has 0 saturated carbocycles. The molecule has 2 N–H and O–H groups in total. The van der Waals surface area contributed by atoms with Gasteiger partial charge >= 0.3 is 0 Å². The number of fused-ring (bicyclic) bond motifs is 1. The normalized spacial score (nSPS) is 11.3. The predicted octanol–water partition coefficient (Wildman–Crippen LogP) is 5.48. The molecule has 0 aliphatic heterocycles. The van der Waals surface area contributed by atoms with E-state index in [0.717, 1.165) is 28.0 Å². The molecular formula is C23H13F2N3O6S. The number of hydrogen-bond acceptors (Lipinski definition) is 8. The first kappa shape index (κ1) is 22.2. The number of non-ortho nitro benzene ring substituents is 1. The number of aromatic hydroxyl groups is 2. The minimum atomic E-state index is -1.06. The average Bonchev–Trinajstić information content (AvgIpc) is 3.49. The Morgan fingerprint density at radius 2 is 1.91 bits per heavy atom. The zero-order chi connectivity index (χ0) is 25.0. The van der Waals surface area contributed by atoms with Crippen molar-refractivity contribution in [2.45, 2.75) is 6.92 Å². The van der Waals surface area contributed by atoms with Crippen LogP contribution < -0.4 is 0 Å². The molecule has 2 aromatic carbocycles. The standard InChI is InChI=1S/C23H13F2N3O6S/c1-10-2-7-16(34-10)20(29)18-19(13-5-3-11(24)8-14(13)25)27(22(31)21(18)30)23-26-15-6-4-12(28(32)33)9-17(15)35-23/h2-9,30-31H,1H3. The van der Waals surface area contributed by atoms with Crippen molar-refractivity contribution < 1.29 is 33.1 Å². The summed E-state index contributed by atoms with van der Waals surface area (Å²) in [5.74, 6) is -4.28. The van der Waals surface area contributed by atoms with Crippen molar-refractivity contribution in [3.63, 3.8) is 0 Å². The maximum atomic E-state index is 14.9. The number of nitrogens with zero attached hydrogens (tertiary/aromatic N) is 3. The van der Waals surface area contributed by atoms with Gasteiger partial charge in [-0.25, -0.2) is 13.8 Å². The van der Waals surface area contributed by atoms with Crippen LogP contribution in [0.1, 0.15) is 21.9 Å². The summed E-state index contributed by atoms with van der Waals surface area (Å²) in [4.78, 5) is 28.1. The van der Waals surface area contributed by atoms with Gasteiger partial charge in [-0.2, -0.15) is 0 Å². The van der Waals surface area contributed by atoms with E-state index in [4.69, 9.17) is 4.42 Å². The van der Waals surface area contributed by atoms with Gasteiger partial charge in [0.15, 0.2) is 16.6 Å². The lowest BCUT2D eigenvalue weighted by Crippen LogP contribution is -2.05. The molecular weight excluding hydrogens is 484 g/mol. The molecule has 5 rings (SSSR count). The van der Waals surface area contributed by atoms with Crippen LogP contribution in [-0.2, 0) is 0 Å². The maximum absolute atomic E-state index is 14.9. The molecule has 3 heterocycles. The Kier molecular flexibility index (Phi) is 5.09. The van der Waals surface area contributed by atoms with Crippen molar-refractivity contribution in [1.82, 2.24) is 9.55 Å². The molecule has 5 aromatic rings. The van der Waals surface area contributed by atoms with Gasteiger partial charge in [0.05, 0.1) is 26.4 Å². The zero-order valence-corrected chi connectivity index (χ0v) is 18.5. The lowest BCUT2D eigenvalue weighted by molar-refractivity contribution is -0.384. The number of ketones is 1. The molecule has 3 aromatic heterocycles. The van der Waals surface area contributed by atoms with Gasteiger partial charge in [0.25, 0.3) is 5.69 Å². The van der Waals surface area contributed by atoms with Crippen LogP contribution in [0, 0.1) is 28.7 Å². The molecule has 0 amide bonds. The summed E-state index contributed by atoms with van der Waals surface area (Å²) in [5, 5.41) is 32.7. The summed E-state index contributed by atoms with van der Waals surface area (Å²) in [7, 11) is 0. The summed E-state index contributed by atoms with van der Waals surface area (Å²) < 4.78 is 35.2. The van der Waals surface area contributed by atoms with E-state index >= 15 is 0 Å². The third-order valence-corrected chi connectivity index (χ3v) is 6.26. The summed E-state index contributed by atoms with van der Waals surface area (Å²) in [6, 6.07) is 9.37. The summed E-state index contributed by atoms with van der Waals surface area (Å²) in [6.45, 7) is 1.60. The number of benzene rings is 2. The van der Waals surface area contributed by atoms with E-state index in [1.54, 1.807) is 6.92 Å². The maximum Gasteiger partial charge on any atom is 0.270 e. The fourth-order valence-electron chi connectivity index (χ4n) is 3.68. The van der Waals surface area contributed by atoms with Gasteiger partial charge in [-0.05, 0) is 37.3 Å². The number of nitro benzene ring substituents is 1. The topological polar surface area (TPSA) is 132 Å². The smallest absolute Gasteiger partial charge is 0.270 e. The van der Waals surface area contributed by atoms with Crippen LogP contribution in [0.2, 0.25) is 0 Å². The van der Waals surface area contributed by atoms with Crippen LogP contribution in [0.3, 0.4) is 0 Å². The Bertz CT molecular complexity index is 1670. The second-order valence-corrected chi connectivity index (χ2v) is 8.51. The predicted molar refractivity (Wildman–Crippen MR) is 121 cm³/mol. The number of carbonyl (C=O) groups is 1. The first-order valence-corrected chi connectivity index (χ1v) is 10.8. The van der Waals surface area contributed by atoms with Crippen molar-refractivity contribution >= 4 is 33.0 Å². The molecule has 0 radical (unpaired) electrons. The Morgan fingerprint density at radius 1 is 1.14 bits per heavy atom. The molecule has 35 heavy (non-hydrogen) atoms.